The van der Waals surface area contributed by atoms with Gasteiger partial charge in [-0.1, -0.05) is 68.3 Å². The van der Waals surface area contributed by atoms with E-state index in [0.29, 0.717) is 0 Å². The molecule has 0 bridgehead atoms. The second-order valence-corrected chi connectivity index (χ2v) is 7.65. The van der Waals surface area contributed by atoms with Crippen LogP contribution in [0.15, 0.2) is 78.9 Å². The van der Waals surface area contributed by atoms with Gasteiger partial charge in [0.1, 0.15) is 0 Å². The van der Waals surface area contributed by atoms with Crippen molar-refractivity contribution in [1.29, 1.82) is 0 Å². The van der Waals surface area contributed by atoms with E-state index in [2.05, 4.69) is 85.8 Å². The SMILES string of the molecule is CCCCCc1c2cc3ccccc3cc2cc2cc3ccccc3cc12. The highest BCUT2D eigenvalue weighted by molar-refractivity contribution is 6.10. The van der Waals surface area contributed by atoms with Crippen LogP contribution in [0.2, 0.25) is 0 Å². The van der Waals surface area contributed by atoms with E-state index >= 15 is 0 Å². The van der Waals surface area contributed by atoms with Gasteiger partial charge in [-0.25, -0.2) is 0 Å². The third-order valence-electron chi connectivity index (χ3n) is 5.83. The first-order valence-electron chi connectivity index (χ1n) is 10.1. The van der Waals surface area contributed by atoms with Crippen LogP contribution in [-0.4, -0.2) is 0 Å². The number of aryl methyl sites for hydroxylation is 1. The van der Waals surface area contributed by atoms with Crippen molar-refractivity contribution in [1.82, 2.24) is 0 Å². The fourth-order valence-corrected chi connectivity index (χ4v) is 4.41. The molecule has 0 heterocycles. The summed E-state index contributed by atoms with van der Waals surface area (Å²) >= 11 is 0. The number of unbranched alkanes of at least 4 members (excludes halogenated alkanes) is 2. The third-order valence-corrected chi connectivity index (χ3v) is 5.83. The molecule has 5 aromatic carbocycles. The van der Waals surface area contributed by atoms with E-state index in [1.807, 2.05) is 0 Å². The standard InChI is InChI=1S/C27H24/c1-2-3-4-13-25-26-17-21-11-7-5-9-19(21)14-23(26)16-24-15-20-10-6-8-12-22(20)18-27(24)25/h5-12,14-18H,2-4,13H2,1H3. The molecule has 0 saturated carbocycles. The van der Waals surface area contributed by atoms with Crippen molar-refractivity contribution in [3.05, 3.63) is 84.4 Å². The minimum absolute atomic E-state index is 1.15. The van der Waals surface area contributed by atoms with Crippen LogP contribution in [0.4, 0.5) is 0 Å². The average molecular weight is 348 g/mol. The first-order chi connectivity index (χ1) is 13.3. The van der Waals surface area contributed by atoms with Gasteiger partial charge in [-0.05, 0) is 91.8 Å². The third kappa shape index (κ3) is 2.86. The van der Waals surface area contributed by atoms with Gasteiger partial charge in [0.25, 0.3) is 0 Å². The molecule has 0 spiro atoms. The molecule has 5 rings (SSSR count). The molecule has 0 fully saturated rings. The van der Waals surface area contributed by atoms with Crippen molar-refractivity contribution in [3.8, 4) is 0 Å². The highest BCUT2D eigenvalue weighted by atomic mass is 14.1. The summed E-state index contributed by atoms with van der Waals surface area (Å²) < 4.78 is 0. The lowest BCUT2D eigenvalue weighted by molar-refractivity contribution is 0.722. The summed E-state index contributed by atoms with van der Waals surface area (Å²) in [5, 5.41) is 10.9. The molecule has 0 N–H and O–H groups in total. The molecule has 132 valence electrons. The van der Waals surface area contributed by atoms with Crippen LogP contribution in [0, 0.1) is 0 Å². The molecule has 0 atom stereocenters. The monoisotopic (exact) mass is 348 g/mol. The van der Waals surface area contributed by atoms with Gasteiger partial charge < -0.3 is 0 Å². The Bertz CT molecular complexity index is 1180. The topological polar surface area (TPSA) is 0 Å². The van der Waals surface area contributed by atoms with Crippen molar-refractivity contribution < 1.29 is 0 Å². The van der Waals surface area contributed by atoms with Gasteiger partial charge in [-0.2, -0.15) is 0 Å². The van der Waals surface area contributed by atoms with E-state index in [0.717, 1.165) is 6.42 Å². The zero-order chi connectivity index (χ0) is 18.2. The number of benzene rings is 5. The van der Waals surface area contributed by atoms with Crippen molar-refractivity contribution in [3.63, 3.8) is 0 Å². The summed E-state index contributed by atoms with van der Waals surface area (Å²) in [6.07, 6.45) is 4.95. The van der Waals surface area contributed by atoms with Crippen LogP contribution in [0.5, 0.6) is 0 Å². The molecule has 27 heavy (non-hydrogen) atoms. The van der Waals surface area contributed by atoms with Crippen LogP contribution in [0.25, 0.3) is 43.1 Å². The Morgan fingerprint density at radius 3 is 1.44 bits per heavy atom. The molecule has 0 amide bonds. The van der Waals surface area contributed by atoms with E-state index in [9.17, 15) is 0 Å². The second kappa shape index (κ2) is 6.70. The summed E-state index contributed by atoms with van der Waals surface area (Å²) in [5.74, 6) is 0. The normalized spacial score (nSPS) is 11.7. The number of fused-ring (bicyclic) bond motifs is 4. The summed E-state index contributed by atoms with van der Waals surface area (Å²) in [6.45, 7) is 2.28. The van der Waals surface area contributed by atoms with Gasteiger partial charge in [-0.15, -0.1) is 0 Å². The minimum atomic E-state index is 1.15. The number of hydrogen-bond acceptors (Lipinski definition) is 0. The maximum atomic E-state index is 2.40. The van der Waals surface area contributed by atoms with Gasteiger partial charge in [-0.3, -0.25) is 0 Å². The van der Waals surface area contributed by atoms with E-state index < -0.39 is 0 Å². The van der Waals surface area contributed by atoms with Gasteiger partial charge in [0.2, 0.25) is 0 Å². The molecule has 0 aliphatic rings. The Hall–Kier alpha value is -2.86. The Balaban J connectivity index is 1.87. The van der Waals surface area contributed by atoms with E-state index in [4.69, 9.17) is 0 Å². The van der Waals surface area contributed by atoms with Gasteiger partial charge in [0.15, 0.2) is 0 Å². The summed E-state index contributed by atoms with van der Waals surface area (Å²) in [5.41, 5.74) is 1.52. The largest absolute Gasteiger partial charge is 0.0654 e. The second-order valence-electron chi connectivity index (χ2n) is 7.65. The quantitative estimate of drug-likeness (QED) is 0.228. The molecule has 0 aliphatic carbocycles. The lowest BCUT2D eigenvalue weighted by Crippen LogP contribution is -1.92. The molecule has 0 heteroatoms. The van der Waals surface area contributed by atoms with Gasteiger partial charge in [0.05, 0.1) is 0 Å². The predicted octanol–water partition coefficient (Wildman–Crippen LogP) is 8.03. The maximum absolute atomic E-state index is 2.40. The Morgan fingerprint density at radius 1 is 0.519 bits per heavy atom. The van der Waals surface area contributed by atoms with Crippen molar-refractivity contribution in [2.45, 2.75) is 32.6 Å². The molecule has 0 aromatic heterocycles. The molecule has 0 saturated heterocycles. The average Bonchev–Trinajstić information content (AvgIpc) is 2.70. The molecule has 0 nitrogen and oxygen atoms in total. The van der Waals surface area contributed by atoms with E-state index in [-0.39, 0.29) is 0 Å². The van der Waals surface area contributed by atoms with Crippen LogP contribution in [0.1, 0.15) is 31.7 Å². The van der Waals surface area contributed by atoms with E-state index in [1.165, 1.54) is 67.9 Å². The minimum Gasteiger partial charge on any atom is -0.0654 e. The molecule has 0 radical (unpaired) electrons. The smallest absolute Gasteiger partial charge is 0.0139 e. The van der Waals surface area contributed by atoms with Crippen molar-refractivity contribution >= 4 is 43.1 Å². The summed E-state index contributed by atoms with van der Waals surface area (Å²) in [6, 6.07) is 29.4. The Morgan fingerprint density at radius 2 is 0.963 bits per heavy atom. The number of hydrogen-bond donors (Lipinski definition) is 0. The van der Waals surface area contributed by atoms with Gasteiger partial charge >= 0.3 is 0 Å². The summed E-state index contributed by atoms with van der Waals surface area (Å²) in [4.78, 5) is 0. The van der Waals surface area contributed by atoms with Crippen LogP contribution in [-0.2, 0) is 6.42 Å². The fourth-order valence-electron chi connectivity index (χ4n) is 4.41. The van der Waals surface area contributed by atoms with Gasteiger partial charge in [0, 0.05) is 0 Å². The zero-order valence-corrected chi connectivity index (χ0v) is 15.8. The van der Waals surface area contributed by atoms with Crippen LogP contribution in [0.3, 0.4) is 0 Å². The lowest BCUT2D eigenvalue weighted by Gasteiger charge is -2.14. The molecule has 0 unspecified atom stereocenters. The maximum Gasteiger partial charge on any atom is -0.0139 e. The molecular formula is C27H24. The van der Waals surface area contributed by atoms with Crippen molar-refractivity contribution in [2.75, 3.05) is 0 Å². The van der Waals surface area contributed by atoms with E-state index in [1.54, 1.807) is 0 Å². The Labute approximate surface area is 160 Å². The number of rotatable bonds is 4. The fraction of sp³-hybridized carbons (Fsp3) is 0.185. The molecule has 5 aromatic rings. The first-order valence-corrected chi connectivity index (χ1v) is 10.1. The lowest BCUT2D eigenvalue weighted by atomic mass is 9.90. The predicted molar refractivity (Wildman–Crippen MR) is 120 cm³/mol. The highest BCUT2D eigenvalue weighted by Crippen LogP contribution is 2.35. The molecule has 0 aliphatic heterocycles. The Kier molecular flexibility index (Phi) is 4.05. The van der Waals surface area contributed by atoms with Crippen LogP contribution >= 0.6 is 0 Å². The zero-order valence-electron chi connectivity index (χ0n) is 15.8. The summed E-state index contributed by atoms with van der Waals surface area (Å²) in [7, 11) is 0. The van der Waals surface area contributed by atoms with Crippen molar-refractivity contribution in [2.24, 2.45) is 0 Å². The highest BCUT2D eigenvalue weighted by Gasteiger charge is 2.10. The first kappa shape index (κ1) is 16.3. The molecular weight excluding hydrogens is 324 g/mol. The van der Waals surface area contributed by atoms with Crippen LogP contribution < -0.4 is 0 Å².